The summed E-state index contributed by atoms with van der Waals surface area (Å²) in [6.45, 7) is 0. The lowest BCUT2D eigenvalue weighted by Gasteiger charge is -2.09. The van der Waals surface area contributed by atoms with Crippen molar-refractivity contribution < 1.29 is 100 Å². The van der Waals surface area contributed by atoms with E-state index < -0.39 is 71.6 Å². The van der Waals surface area contributed by atoms with Crippen LogP contribution in [0.15, 0.2) is 109 Å². The van der Waals surface area contributed by atoms with Crippen molar-refractivity contribution in [3.8, 4) is 34.5 Å². The molecular weight excluding hydrogens is 913 g/mol. The molecule has 21 nitrogen and oxygen atoms in total. The summed E-state index contributed by atoms with van der Waals surface area (Å²) in [5, 5.41) is 0. The molecule has 21 heteroatoms. The van der Waals surface area contributed by atoms with E-state index in [9.17, 15) is 57.5 Å². The minimum Gasteiger partial charge on any atom is -0.457 e. The lowest BCUT2D eigenvalue weighted by atomic mass is 10.1. The van der Waals surface area contributed by atoms with Crippen molar-refractivity contribution in [1.82, 2.24) is 0 Å². The smallest absolute Gasteiger partial charge is 0.350 e. The summed E-state index contributed by atoms with van der Waals surface area (Å²) in [6.07, 6.45) is 0. The minimum atomic E-state index is -0.827. The number of cyclic esters (lactones) is 12. The molecule has 0 spiro atoms. The average molecular weight is 931 g/mol. The fourth-order valence-corrected chi connectivity index (χ4v) is 7.33. The molecule has 0 radical (unpaired) electrons. The van der Waals surface area contributed by atoms with Gasteiger partial charge in [0, 0.05) is 0 Å². The van der Waals surface area contributed by atoms with Gasteiger partial charge in [0.15, 0.2) is 0 Å². The molecular formula is C48H18O21. The number of carbonyl (C=O) groups excluding carboxylic acids is 12. The zero-order valence-corrected chi connectivity index (χ0v) is 34.0. The van der Waals surface area contributed by atoms with Gasteiger partial charge >= 0.3 is 71.6 Å². The maximum Gasteiger partial charge on any atom is 0.350 e. The van der Waals surface area contributed by atoms with Crippen LogP contribution in [0.2, 0.25) is 0 Å². The lowest BCUT2D eigenvalue weighted by molar-refractivity contribution is 0.0424. The largest absolute Gasteiger partial charge is 0.457 e. The Labute approximate surface area is 381 Å². The molecule has 12 rings (SSSR count). The Morgan fingerprint density at radius 1 is 0.232 bits per heavy atom. The fraction of sp³-hybridized carbons (Fsp3) is 0. The predicted molar refractivity (Wildman–Crippen MR) is 217 cm³/mol. The molecule has 0 fully saturated rings. The van der Waals surface area contributed by atoms with E-state index in [4.69, 9.17) is 14.2 Å². The van der Waals surface area contributed by atoms with E-state index in [1.165, 1.54) is 103 Å². The van der Waals surface area contributed by atoms with Crippen LogP contribution in [0.5, 0.6) is 34.5 Å². The van der Waals surface area contributed by atoms with Crippen molar-refractivity contribution in [3.63, 3.8) is 0 Å². The first-order valence-electron chi connectivity index (χ1n) is 19.6. The summed E-state index contributed by atoms with van der Waals surface area (Å²) >= 11 is 0. The lowest BCUT2D eigenvalue weighted by Crippen LogP contribution is -2.01. The number of hydrogen-bond acceptors (Lipinski definition) is 21. The second kappa shape index (κ2) is 16.2. The third kappa shape index (κ3) is 7.44. The number of ether oxygens (including phenoxy) is 9. The average Bonchev–Trinajstić information content (AvgIpc) is 4.12. The highest BCUT2D eigenvalue weighted by molar-refractivity contribution is 6.19. The second-order valence-corrected chi connectivity index (χ2v) is 14.5. The number of esters is 12. The van der Waals surface area contributed by atoms with Gasteiger partial charge in [-0.2, -0.15) is 0 Å². The van der Waals surface area contributed by atoms with Crippen LogP contribution in [0.25, 0.3) is 0 Å². The van der Waals surface area contributed by atoms with E-state index in [0.717, 1.165) is 0 Å². The highest BCUT2D eigenvalue weighted by Crippen LogP contribution is 2.38. The van der Waals surface area contributed by atoms with Crippen molar-refractivity contribution in [2.24, 2.45) is 0 Å². The molecule has 6 aromatic rings. The molecule has 6 aliphatic rings. The van der Waals surface area contributed by atoms with Gasteiger partial charge in [0.05, 0.1) is 50.1 Å². The molecule has 0 bridgehead atoms. The number of hydrogen-bond donors (Lipinski definition) is 0. The van der Waals surface area contributed by atoms with E-state index in [-0.39, 0.29) is 101 Å². The van der Waals surface area contributed by atoms with Crippen LogP contribution in [0, 0.1) is 0 Å². The Morgan fingerprint density at radius 2 is 0.493 bits per heavy atom. The first-order valence-corrected chi connectivity index (χ1v) is 19.6. The molecule has 0 unspecified atom stereocenters. The Balaban J connectivity index is 0.000000120. The van der Waals surface area contributed by atoms with E-state index in [1.54, 1.807) is 6.07 Å². The summed E-state index contributed by atoms with van der Waals surface area (Å²) in [6, 6.07) is 26.1. The Morgan fingerprint density at radius 3 is 0.826 bits per heavy atom. The number of benzene rings is 6. The Hall–Kier alpha value is -10.4. The quantitative estimate of drug-likeness (QED) is 0.101. The SMILES string of the molecule is O=C1OC(=O)c2c(Oc3cccc4c3C(=O)OC4=O)cccc21.O=C1OC(=O)c2cc(Oc3ccc4c(c3)C(=O)OC4=O)ccc21.O=C1OC(=O)c2cc(Oc3cccc4c3C(=O)OC4=O)ccc21. The van der Waals surface area contributed by atoms with Crippen molar-refractivity contribution in [2.45, 2.75) is 0 Å². The van der Waals surface area contributed by atoms with Crippen LogP contribution in [-0.4, -0.2) is 71.6 Å². The normalized spacial score (nSPS) is 15.1. The maximum atomic E-state index is 11.8. The van der Waals surface area contributed by atoms with Crippen LogP contribution >= 0.6 is 0 Å². The maximum absolute atomic E-state index is 11.8. The van der Waals surface area contributed by atoms with Crippen molar-refractivity contribution in [1.29, 1.82) is 0 Å². The van der Waals surface area contributed by atoms with Crippen LogP contribution in [-0.2, 0) is 28.4 Å². The topological polar surface area (TPSA) is 288 Å². The van der Waals surface area contributed by atoms with Gasteiger partial charge < -0.3 is 42.6 Å². The van der Waals surface area contributed by atoms with Crippen molar-refractivity contribution >= 4 is 71.6 Å². The van der Waals surface area contributed by atoms with Gasteiger partial charge in [-0.15, -0.1) is 0 Å². The van der Waals surface area contributed by atoms with Crippen LogP contribution in [0.1, 0.15) is 124 Å². The van der Waals surface area contributed by atoms with E-state index in [1.807, 2.05) is 0 Å². The molecule has 336 valence electrons. The van der Waals surface area contributed by atoms with Crippen molar-refractivity contribution in [2.75, 3.05) is 0 Å². The third-order valence-corrected chi connectivity index (χ3v) is 10.4. The molecule has 0 N–H and O–H groups in total. The van der Waals surface area contributed by atoms with Gasteiger partial charge in [-0.05, 0) is 91.0 Å². The summed E-state index contributed by atoms with van der Waals surface area (Å²) < 4.78 is 43.8. The molecule has 0 saturated carbocycles. The molecule has 0 aliphatic carbocycles. The predicted octanol–water partition coefficient (Wildman–Crippen LogP) is 6.30. The molecule has 0 amide bonds. The molecule has 6 heterocycles. The van der Waals surface area contributed by atoms with Crippen molar-refractivity contribution in [3.05, 3.63) is 176 Å². The molecule has 0 aromatic heterocycles. The highest BCUT2D eigenvalue weighted by Gasteiger charge is 2.38. The molecule has 69 heavy (non-hydrogen) atoms. The summed E-state index contributed by atoms with van der Waals surface area (Å²) in [7, 11) is 0. The first-order chi connectivity index (χ1) is 33.1. The Kier molecular flexibility index (Phi) is 9.99. The minimum absolute atomic E-state index is 0.0206. The van der Waals surface area contributed by atoms with Crippen LogP contribution < -0.4 is 14.2 Å². The van der Waals surface area contributed by atoms with Gasteiger partial charge in [0.25, 0.3) is 0 Å². The van der Waals surface area contributed by atoms with Crippen LogP contribution in [0.3, 0.4) is 0 Å². The zero-order valence-electron chi connectivity index (χ0n) is 34.0. The standard InChI is InChI=1S/3C16H6O7/c17-13-9-3-1-7(5-11(9)15(19)22-13)21-8-2-4-10-12(6-8)16(20)23-14(10)18;17-13-7-3-1-5-9(11(7)15(19)22-13)21-10-6-2-4-8-12(10)16(20)23-14(8)18;17-13-8-5-4-7(6-10(8)15(19)22-13)21-11-3-1-2-9-12(11)16(20)23-14(9)18/h3*1-6H. The summed E-state index contributed by atoms with van der Waals surface area (Å²) in [5.41, 5.74) is 1.06. The second-order valence-electron chi connectivity index (χ2n) is 14.5. The first kappa shape index (κ1) is 42.5. The van der Waals surface area contributed by atoms with Crippen LogP contribution in [0.4, 0.5) is 0 Å². The van der Waals surface area contributed by atoms with Gasteiger partial charge in [0.1, 0.15) is 51.2 Å². The van der Waals surface area contributed by atoms with Gasteiger partial charge in [-0.25, -0.2) is 57.5 Å². The summed E-state index contributed by atoms with van der Waals surface area (Å²) in [4.78, 5) is 139. The third-order valence-electron chi connectivity index (χ3n) is 10.4. The van der Waals surface area contributed by atoms with Gasteiger partial charge in [-0.1, -0.05) is 18.2 Å². The Bertz CT molecular complexity index is 3340. The molecule has 0 saturated heterocycles. The molecule has 0 atom stereocenters. The monoisotopic (exact) mass is 930 g/mol. The number of fused-ring (bicyclic) bond motifs is 6. The van der Waals surface area contributed by atoms with Gasteiger partial charge in [-0.3, -0.25) is 0 Å². The highest BCUT2D eigenvalue weighted by atomic mass is 16.6. The van der Waals surface area contributed by atoms with E-state index in [0.29, 0.717) is 0 Å². The van der Waals surface area contributed by atoms with Gasteiger partial charge in [0.2, 0.25) is 0 Å². The summed E-state index contributed by atoms with van der Waals surface area (Å²) in [5.74, 6) is -8.04. The number of rotatable bonds is 6. The van der Waals surface area contributed by atoms with E-state index in [2.05, 4.69) is 28.4 Å². The molecule has 6 aromatic carbocycles. The number of carbonyl (C=O) groups is 12. The molecule has 6 aliphatic heterocycles. The zero-order chi connectivity index (χ0) is 48.4. The van der Waals surface area contributed by atoms with E-state index >= 15 is 0 Å². The fourth-order valence-electron chi connectivity index (χ4n) is 7.33.